The summed E-state index contributed by atoms with van der Waals surface area (Å²) in [5.41, 5.74) is 1.80. The summed E-state index contributed by atoms with van der Waals surface area (Å²) in [7, 11) is 0. The lowest BCUT2D eigenvalue weighted by Crippen LogP contribution is -2.26. The summed E-state index contributed by atoms with van der Waals surface area (Å²) in [4.78, 5) is 0. The number of benzene rings is 1. The van der Waals surface area contributed by atoms with Crippen molar-refractivity contribution in [1.29, 1.82) is 0 Å². The first-order valence-electron chi connectivity index (χ1n) is 6.87. The number of halogens is 3. The molecule has 0 spiro atoms. The largest absolute Gasteiger partial charge is 0.305 e. The SMILES string of the molecule is CCNC(c1cccc(Cl)c1Cl)c1c(Cl)cnn1C(C)C. The van der Waals surface area contributed by atoms with E-state index in [-0.39, 0.29) is 12.1 Å². The fraction of sp³-hybridized carbons (Fsp3) is 0.400. The Morgan fingerprint density at radius 1 is 1.19 bits per heavy atom. The lowest BCUT2D eigenvalue weighted by Gasteiger charge is -2.23. The van der Waals surface area contributed by atoms with Crippen molar-refractivity contribution in [2.45, 2.75) is 32.9 Å². The number of nitrogens with zero attached hydrogens (tertiary/aromatic N) is 2. The van der Waals surface area contributed by atoms with E-state index in [1.165, 1.54) is 0 Å². The summed E-state index contributed by atoms with van der Waals surface area (Å²) in [5.74, 6) is 0. The van der Waals surface area contributed by atoms with Gasteiger partial charge in [-0.05, 0) is 32.0 Å². The minimum absolute atomic E-state index is 0.154. The first-order valence-corrected chi connectivity index (χ1v) is 8.00. The Hall–Kier alpha value is -0.740. The second-order valence-electron chi connectivity index (χ2n) is 5.05. The van der Waals surface area contributed by atoms with Gasteiger partial charge in [0.15, 0.2) is 0 Å². The summed E-state index contributed by atoms with van der Waals surface area (Å²) in [6.07, 6.45) is 1.67. The molecule has 21 heavy (non-hydrogen) atoms. The van der Waals surface area contributed by atoms with Crippen molar-refractivity contribution < 1.29 is 0 Å². The van der Waals surface area contributed by atoms with Crippen LogP contribution in [0.3, 0.4) is 0 Å². The van der Waals surface area contributed by atoms with Crippen molar-refractivity contribution >= 4 is 34.8 Å². The van der Waals surface area contributed by atoms with Crippen LogP contribution < -0.4 is 5.32 Å². The molecule has 0 amide bonds. The van der Waals surface area contributed by atoms with Crippen LogP contribution in [0.25, 0.3) is 0 Å². The molecular formula is C15H18Cl3N3. The van der Waals surface area contributed by atoms with Crippen LogP contribution in [0.5, 0.6) is 0 Å². The van der Waals surface area contributed by atoms with Crippen LogP contribution in [-0.2, 0) is 0 Å². The van der Waals surface area contributed by atoms with Crippen LogP contribution in [0.4, 0.5) is 0 Å². The van der Waals surface area contributed by atoms with Gasteiger partial charge in [0.1, 0.15) is 0 Å². The summed E-state index contributed by atoms with van der Waals surface area (Å²) in [6.45, 7) is 6.94. The van der Waals surface area contributed by atoms with Crippen molar-refractivity contribution in [3.05, 3.63) is 50.7 Å². The highest BCUT2D eigenvalue weighted by Gasteiger charge is 2.25. The van der Waals surface area contributed by atoms with E-state index >= 15 is 0 Å². The van der Waals surface area contributed by atoms with E-state index in [9.17, 15) is 0 Å². The van der Waals surface area contributed by atoms with Crippen LogP contribution in [0, 0.1) is 0 Å². The fourth-order valence-corrected chi connectivity index (χ4v) is 2.99. The molecule has 1 heterocycles. The summed E-state index contributed by atoms with van der Waals surface area (Å²) >= 11 is 18.9. The van der Waals surface area contributed by atoms with Crippen LogP contribution in [0.15, 0.2) is 24.4 Å². The summed E-state index contributed by atoms with van der Waals surface area (Å²) < 4.78 is 1.91. The van der Waals surface area contributed by atoms with Gasteiger partial charge >= 0.3 is 0 Å². The molecular weight excluding hydrogens is 329 g/mol. The second-order valence-corrected chi connectivity index (χ2v) is 6.24. The van der Waals surface area contributed by atoms with E-state index in [0.717, 1.165) is 17.8 Å². The third kappa shape index (κ3) is 3.37. The summed E-state index contributed by atoms with van der Waals surface area (Å²) in [5, 5.41) is 9.47. The monoisotopic (exact) mass is 345 g/mol. The van der Waals surface area contributed by atoms with E-state index in [1.54, 1.807) is 12.3 Å². The minimum Gasteiger partial charge on any atom is -0.305 e. The number of nitrogens with one attached hydrogen (secondary N) is 1. The molecule has 0 radical (unpaired) electrons. The fourth-order valence-electron chi connectivity index (χ4n) is 2.33. The normalized spacial score (nSPS) is 12.9. The Morgan fingerprint density at radius 2 is 1.90 bits per heavy atom. The van der Waals surface area contributed by atoms with Crippen LogP contribution in [-0.4, -0.2) is 16.3 Å². The van der Waals surface area contributed by atoms with Gasteiger partial charge in [-0.3, -0.25) is 4.68 Å². The first kappa shape index (κ1) is 16.6. The highest BCUT2D eigenvalue weighted by atomic mass is 35.5. The maximum Gasteiger partial charge on any atom is 0.0837 e. The van der Waals surface area contributed by atoms with Crippen molar-refractivity contribution in [3.63, 3.8) is 0 Å². The average molecular weight is 347 g/mol. The molecule has 1 atom stereocenters. The molecule has 2 rings (SSSR count). The van der Waals surface area contributed by atoms with Gasteiger partial charge in [0.25, 0.3) is 0 Å². The third-order valence-electron chi connectivity index (χ3n) is 3.25. The molecule has 3 nitrogen and oxygen atoms in total. The molecule has 2 aromatic rings. The molecule has 1 aromatic carbocycles. The quantitative estimate of drug-likeness (QED) is 0.814. The molecule has 0 fully saturated rings. The Balaban J connectivity index is 2.59. The zero-order chi connectivity index (χ0) is 15.6. The Bertz CT molecular complexity index is 623. The second kappa shape index (κ2) is 7.01. The topological polar surface area (TPSA) is 29.9 Å². The van der Waals surface area contributed by atoms with Gasteiger partial charge in [0.05, 0.1) is 33.0 Å². The molecule has 1 aromatic heterocycles. The van der Waals surface area contributed by atoms with Gasteiger partial charge in [0, 0.05) is 6.04 Å². The highest BCUT2D eigenvalue weighted by molar-refractivity contribution is 6.42. The molecule has 1 N–H and O–H groups in total. The van der Waals surface area contributed by atoms with E-state index < -0.39 is 0 Å². The predicted molar refractivity (Wildman–Crippen MR) is 89.6 cm³/mol. The Morgan fingerprint density at radius 3 is 2.52 bits per heavy atom. The zero-order valence-corrected chi connectivity index (χ0v) is 14.5. The van der Waals surface area contributed by atoms with E-state index in [2.05, 4.69) is 24.3 Å². The molecule has 6 heteroatoms. The minimum atomic E-state index is -0.154. The lowest BCUT2D eigenvalue weighted by molar-refractivity contribution is 0.476. The van der Waals surface area contributed by atoms with Crippen molar-refractivity contribution in [2.24, 2.45) is 0 Å². The summed E-state index contributed by atoms with van der Waals surface area (Å²) in [6, 6.07) is 5.66. The van der Waals surface area contributed by atoms with Gasteiger partial charge in [0.2, 0.25) is 0 Å². The number of hydrogen-bond donors (Lipinski definition) is 1. The maximum absolute atomic E-state index is 6.38. The number of hydrogen-bond acceptors (Lipinski definition) is 2. The van der Waals surface area contributed by atoms with Gasteiger partial charge < -0.3 is 5.32 Å². The highest BCUT2D eigenvalue weighted by Crippen LogP contribution is 2.36. The third-order valence-corrected chi connectivity index (χ3v) is 4.38. The average Bonchev–Trinajstić information content (AvgIpc) is 2.82. The Labute approximate surface area is 140 Å². The standard InChI is InChI=1S/C15H18Cl3N3/c1-4-19-14(10-6-5-7-11(16)13(10)18)15-12(17)8-20-21(15)9(2)3/h5-9,14,19H,4H2,1-3H3. The number of aromatic nitrogens is 2. The van der Waals surface area contributed by atoms with Gasteiger partial charge in [-0.15, -0.1) is 0 Å². The molecule has 0 aliphatic carbocycles. The molecule has 114 valence electrons. The molecule has 1 unspecified atom stereocenters. The predicted octanol–water partition coefficient (Wildman–Crippen LogP) is 5.12. The van der Waals surface area contributed by atoms with Crippen LogP contribution in [0.2, 0.25) is 15.1 Å². The van der Waals surface area contributed by atoms with Gasteiger partial charge in [-0.2, -0.15) is 5.10 Å². The molecule has 0 aliphatic rings. The van der Waals surface area contributed by atoms with Crippen molar-refractivity contribution in [2.75, 3.05) is 6.54 Å². The molecule has 0 saturated carbocycles. The smallest absolute Gasteiger partial charge is 0.0837 e. The van der Waals surface area contributed by atoms with Crippen LogP contribution in [0.1, 0.15) is 44.1 Å². The number of rotatable bonds is 5. The maximum atomic E-state index is 6.38. The van der Waals surface area contributed by atoms with Crippen LogP contribution >= 0.6 is 34.8 Å². The first-order chi connectivity index (χ1) is 9.97. The molecule has 0 bridgehead atoms. The van der Waals surface area contributed by atoms with Crippen molar-refractivity contribution in [3.8, 4) is 0 Å². The van der Waals surface area contributed by atoms with Gasteiger partial charge in [-0.25, -0.2) is 0 Å². The van der Waals surface area contributed by atoms with Crippen molar-refractivity contribution in [1.82, 2.24) is 15.1 Å². The van der Waals surface area contributed by atoms with E-state index in [4.69, 9.17) is 34.8 Å². The lowest BCUT2D eigenvalue weighted by atomic mass is 10.0. The molecule has 0 saturated heterocycles. The zero-order valence-electron chi connectivity index (χ0n) is 12.2. The Kier molecular flexibility index (Phi) is 5.55. The van der Waals surface area contributed by atoms with Gasteiger partial charge in [-0.1, -0.05) is 53.9 Å². The van der Waals surface area contributed by atoms with E-state index in [1.807, 2.05) is 23.7 Å². The molecule has 0 aliphatic heterocycles. The van der Waals surface area contributed by atoms with E-state index in [0.29, 0.717) is 15.1 Å².